The van der Waals surface area contributed by atoms with Gasteiger partial charge < -0.3 is 10.6 Å². The molecule has 1 aliphatic carbocycles. The molecule has 1 aromatic heterocycles. The highest BCUT2D eigenvalue weighted by molar-refractivity contribution is 6.32. The largest absolute Gasteiger partial charge is 0.352 e. The summed E-state index contributed by atoms with van der Waals surface area (Å²) in [4.78, 5) is 10.5. The zero-order valence-corrected chi connectivity index (χ0v) is 10.0. The van der Waals surface area contributed by atoms with Crippen LogP contribution in [0.2, 0.25) is 5.02 Å². The first-order valence-corrected chi connectivity index (χ1v) is 6.13. The molecule has 1 aliphatic rings. The van der Waals surface area contributed by atoms with E-state index in [1.807, 2.05) is 0 Å². The second kappa shape index (κ2) is 5.46. The predicted octanol–water partition coefficient (Wildman–Crippen LogP) is 1.84. The van der Waals surface area contributed by atoms with Crippen LogP contribution in [0.25, 0.3) is 0 Å². The third-order valence-electron chi connectivity index (χ3n) is 3.04. The van der Waals surface area contributed by atoms with E-state index in [4.69, 9.17) is 17.3 Å². The Bertz CT molecular complexity index is 341. The minimum absolute atomic E-state index is 0.582. The van der Waals surface area contributed by atoms with Gasteiger partial charge in [-0.25, -0.2) is 9.97 Å². The number of aromatic nitrogens is 2. The first-order valence-electron chi connectivity index (χ1n) is 5.75. The van der Waals surface area contributed by atoms with Crippen LogP contribution >= 0.6 is 11.6 Å². The highest BCUT2D eigenvalue weighted by Crippen LogP contribution is 2.31. The van der Waals surface area contributed by atoms with Gasteiger partial charge in [0.1, 0.15) is 11.3 Å². The second-order valence-electron chi connectivity index (χ2n) is 4.11. The maximum Gasteiger partial charge on any atom is 0.151 e. The Kier molecular flexibility index (Phi) is 3.96. The van der Waals surface area contributed by atoms with Gasteiger partial charge >= 0.3 is 0 Å². The van der Waals surface area contributed by atoms with Gasteiger partial charge in [-0.2, -0.15) is 0 Å². The van der Waals surface area contributed by atoms with Gasteiger partial charge in [-0.1, -0.05) is 11.6 Å². The van der Waals surface area contributed by atoms with E-state index in [0.717, 1.165) is 18.8 Å². The van der Waals surface area contributed by atoms with Crippen LogP contribution in [0.5, 0.6) is 0 Å². The van der Waals surface area contributed by atoms with Crippen molar-refractivity contribution in [1.82, 2.24) is 9.97 Å². The summed E-state index contributed by atoms with van der Waals surface area (Å²) in [6.45, 7) is 1.63. The minimum Gasteiger partial charge on any atom is -0.352 e. The molecular formula is C11H17ClN4. The Labute approximate surface area is 101 Å². The molecule has 1 fully saturated rings. The lowest BCUT2D eigenvalue weighted by atomic mass is 9.91. The summed E-state index contributed by atoms with van der Waals surface area (Å²) < 4.78 is 0. The normalized spacial score (nSPS) is 15.9. The van der Waals surface area contributed by atoms with Gasteiger partial charge in [-0.15, -0.1) is 0 Å². The molecule has 0 unspecified atom stereocenters. The molecule has 4 nitrogen and oxygen atoms in total. The molecule has 5 heteroatoms. The summed E-state index contributed by atoms with van der Waals surface area (Å²) in [5, 5.41) is 0.631. The fraction of sp³-hybridized carbons (Fsp3) is 0.636. The van der Waals surface area contributed by atoms with Gasteiger partial charge in [-0.3, -0.25) is 0 Å². The molecule has 0 aromatic carbocycles. The monoisotopic (exact) mass is 240 g/mol. The molecule has 0 saturated heterocycles. The number of nitrogens with zero attached hydrogens (tertiary/aromatic N) is 3. The van der Waals surface area contributed by atoms with Crippen LogP contribution in [-0.2, 0) is 0 Å². The molecule has 1 aromatic rings. The standard InChI is InChI=1S/C11H17ClN4/c12-10-7-14-8-15-11(10)16(6-2-5-13)9-3-1-4-9/h7-9H,1-6,13H2. The van der Waals surface area contributed by atoms with Crippen LogP contribution in [0, 0.1) is 0 Å². The second-order valence-corrected chi connectivity index (χ2v) is 4.52. The summed E-state index contributed by atoms with van der Waals surface area (Å²) >= 11 is 6.13. The molecule has 2 rings (SSSR count). The van der Waals surface area contributed by atoms with Gasteiger partial charge in [0.15, 0.2) is 5.82 Å². The number of hydrogen-bond acceptors (Lipinski definition) is 4. The SMILES string of the molecule is NCCCN(c1ncncc1Cl)C1CCC1. The van der Waals surface area contributed by atoms with E-state index in [0.29, 0.717) is 17.6 Å². The Morgan fingerprint density at radius 3 is 2.88 bits per heavy atom. The number of anilines is 1. The minimum atomic E-state index is 0.582. The maximum atomic E-state index is 6.13. The van der Waals surface area contributed by atoms with E-state index >= 15 is 0 Å². The predicted molar refractivity (Wildman–Crippen MR) is 65.7 cm³/mol. The molecule has 0 bridgehead atoms. The van der Waals surface area contributed by atoms with E-state index in [2.05, 4.69) is 14.9 Å². The Hall–Kier alpha value is -0.870. The van der Waals surface area contributed by atoms with Crippen molar-refractivity contribution in [2.75, 3.05) is 18.0 Å². The molecular weight excluding hydrogens is 224 g/mol. The lowest BCUT2D eigenvalue weighted by molar-refractivity contribution is 0.382. The zero-order chi connectivity index (χ0) is 11.4. The van der Waals surface area contributed by atoms with Crippen LogP contribution in [0.3, 0.4) is 0 Å². The molecule has 0 aliphatic heterocycles. The Balaban J connectivity index is 2.13. The van der Waals surface area contributed by atoms with E-state index in [1.165, 1.54) is 19.3 Å². The number of hydrogen-bond donors (Lipinski definition) is 1. The molecule has 0 atom stereocenters. The molecule has 0 amide bonds. The van der Waals surface area contributed by atoms with E-state index < -0.39 is 0 Å². The van der Waals surface area contributed by atoms with Crippen LogP contribution in [0.4, 0.5) is 5.82 Å². The fourth-order valence-electron chi connectivity index (χ4n) is 1.94. The van der Waals surface area contributed by atoms with Crippen molar-refractivity contribution >= 4 is 17.4 Å². The van der Waals surface area contributed by atoms with Crippen molar-refractivity contribution in [1.29, 1.82) is 0 Å². The number of rotatable bonds is 5. The molecule has 2 N–H and O–H groups in total. The average Bonchev–Trinajstić information content (AvgIpc) is 2.22. The molecule has 1 heterocycles. The van der Waals surface area contributed by atoms with Crippen molar-refractivity contribution in [2.24, 2.45) is 5.73 Å². The highest BCUT2D eigenvalue weighted by Gasteiger charge is 2.26. The van der Waals surface area contributed by atoms with Crippen LogP contribution in [0.15, 0.2) is 12.5 Å². The van der Waals surface area contributed by atoms with Crippen molar-refractivity contribution in [3.8, 4) is 0 Å². The van der Waals surface area contributed by atoms with Crippen LogP contribution in [0.1, 0.15) is 25.7 Å². The topological polar surface area (TPSA) is 55.0 Å². The van der Waals surface area contributed by atoms with Gasteiger partial charge in [0.2, 0.25) is 0 Å². The van der Waals surface area contributed by atoms with Gasteiger partial charge in [-0.05, 0) is 32.2 Å². The Morgan fingerprint density at radius 2 is 2.31 bits per heavy atom. The van der Waals surface area contributed by atoms with E-state index in [1.54, 1.807) is 12.5 Å². The van der Waals surface area contributed by atoms with E-state index in [-0.39, 0.29) is 0 Å². The third-order valence-corrected chi connectivity index (χ3v) is 3.31. The maximum absolute atomic E-state index is 6.13. The third kappa shape index (κ3) is 2.44. The van der Waals surface area contributed by atoms with Crippen molar-refractivity contribution < 1.29 is 0 Å². The van der Waals surface area contributed by atoms with Gasteiger partial charge in [0.25, 0.3) is 0 Å². The quantitative estimate of drug-likeness (QED) is 0.853. The van der Waals surface area contributed by atoms with Crippen molar-refractivity contribution in [3.63, 3.8) is 0 Å². The lowest BCUT2D eigenvalue weighted by Gasteiger charge is -2.38. The first-order chi connectivity index (χ1) is 7.83. The van der Waals surface area contributed by atoms with E-state index in [9.17, 15) is 0 Å². The highest BCUT2D eigenvalue weighted by atomic mass is 35.5. The zero-order valence-electron chi connectivity index (χ0n) is 9.27. The van der Waals surface area contributed by atoms with Crippen LogP contribution < -0.4 is 10.6 Å². The summed E-state index contributed by atoms with van der Waals surface area (Å²) in [6.07, 6.45) is 7.92. The summed E-state index contributed by atoms with van der Waals surface area (Å²) in [7, 11) is 0. The number of halogens is 1. The Morgan fingerprint density at radius 1 is 1.50 bits per heavy atom. The smallest absolute Gasteiger partial charge is 0.151 e. The molecule has 0 spiro atoms. The van der Waals surface area contributed by atoms with Gasteiger partial charge in [0.05, 0.1) is 6.20 Å². The summed E-state index contributed by atoms with van der Waals surface area (Å²) in [5.41, 5.74) is 5.56. The molecule has 1 saturated carbocycles. The van der Waals surface area contributed by atoms with Crippen molar-refractivity contribution in [3.05, 3.63) is 17.5 Å². The van der Waals surface area contributed by atoms with Crippen LogP contribution in [-0.4, -0.2) is 29.1 Å². The average molecular weight is 241 g/mol. The van der Waals surface area contributed by atoms with Gasteiger partial charge in [0, 0.05) is 12.6 Å². The summed E-state index contributed by atoms with van der Waals surface area (Å²) in [6, 6.07) is 0.582. The molecule has 88 valence electrons. The number of nitrogens with two attached hydrogens (primary N) is 1. The molecule has 16 heavy (non-hydrogen) atoms. The lowest BCUT2D eigenvalue weighted by Crippen LogP contribution is -2.42. The molecule has 0 radical (unpaired) electrons. The fourth-order valence-corrected chi connectivity index (χ4v) is 2.15. The first kappa shape index (κ1) is 11.6. The van der Waals surface area contributed by atoms with Crippen molar-refractivity contribution in [2.45, 2.75) is 31.7 Å². The summed E-state index contributed by atoms with van der Waals surface area (Å²) in [5.74, 6) is 0.856.